The van der Waals surface area contributed by atoms with Crippen LogP contribution in [0.1, 0.15) is 39.2 Å². The number of fused-ring (bicyclic) bond motifs is 2. The second-order valence-corrected chi connectivity index (χ2v) is 7.88. The molecule has 3 heteroatoms. The van der Waals surface area contributed by atoms with E-state index in [1.807, 2.05) is 50.2 Å². The molecule has 2 aliphatic rings. The van der Waals surface area contributed by atoms with E-state index in [1.54, 1.807) is 6.08 Å². The fourth-order valence-corrected chi connectivity index (χ4v) is 4.13. The van der Waals surface area contributed by atoms with Gasteiger partial charge in [-0.3, -0.25) is 9.59 Å². The van der Waals surface area contributed by atoms with Gasteiger partial charge in [-0.1, -0.05) is 32.9 Å². The average molecular weight is 311 g/mol. The molecule has 2 atom stereocenters. The Balaban J connectivity index is 2.00. The summed E-state index contributed by atoms with van der Waals surface area (Å²) in [5, 5.41) is 0. The molecule has 0 unspecified atom stereocenters. The molecule has 0 amide bonds. The van der Waals surface area contributed by atoms with E-state index < -0.39 is 5.41 Å². The third-order valence-corrected chi connectivity index (χ3v) is 6.27. The fraction of sp³-hybridized carbons (Fsp3) is 0.500. The van der Waals surface area contributed by atoms with Gasteiger partial charge in [-0.15, -0.1) is 0 Å². The lowest BCUT2D eigenvalue weighted by Crippen LogP contribution is -2.49. The second kappa shape index (κ2) is 5.05. The molecule has 0 aliphatic heterocycles. The lowest BCUT2D eigenvalue weighted by atomic mass is 9.57. The molecule has 0 saturated heterocycles. The summed E-state index contributed by atoms with van der Waals surface area (Å²) in [6.07, 6.45) is 3.42. The summed E-state index contributed by atoms with van der Waals surface area (Å²) in [5.74, 6) is 0.0297. The van der Waals surface area contributed by atoms with Gasteiger partial charge < -0.3 is 4.90 Å². The molecule has 3 rings (SSSR count). The Morgan fingerprint density at radius 1 is 1.09 bits per heavy atom. The van der Waals surface area contributed by atoms with E-state index in [0.717, 1.165) is 24.1 Å². The van der Waals surface area contributed by atoms with Gasteiger partial charge in [-0.25, -0.2) is 0 Å². The van der Waals surface area contributed by atoms with E-state index in [2.05, 4.69) is 13.8 Å². The van der Waals surface area contributed by atoms with Crippen molar-refractivity contribution >= 4 is 23.3 Å². The van der Waals surface area contributed by atoms with Crippen LogP contribution in [0.5, 0.6) is 0 Å². The van der Waals surface area contributed by atoms with Gasteiger partial charge in [-0.05, 0) is 42.0 Å². The van der Waals surface area contributed by atoms with Crippen LogP contribution in [-0.4, -0.2) is 25.7 Å². The quantitative estimate of drug-likeness (QED) is 0.617. The molecule has 0 aromatic heterocycles. The second-order valence-electron chi connectivity index (χ2n) is 7.88. The van der Waals surface area contributed by atoms with E-state index in [-0.39, 0.29) is 22.9 Å². The number of allylic oxidation sites excluding steroid dienone is 1. The molecule has 2 aliphatic carbocycles. The Morgan fingerprint density at radius 2 is 1.70 bits per heavy atom. The van der Waals surface area contributed by atoms with E-state index >= 15 is 0 Å². The third kappa shape index (κ3) is 2.17. The number of rotatable bonds is 2. The molecule has 2 saturated carbocycles. The molecular weight excluding hydrogens is 286 g/mol. The first kappa shape index (κ1) is 16.0. The Bertz CT molecular complexity index is 697. The average Bonchev–Trinajstić information content (AvgIpc) is 2.69. The van der Waals surface area contributed by atoms with Gasteiger partial charge in [0.2, 0.25) is 0 Å². The Labute approximate surface area is 138 Å². The van der Waals surface area contributed by atoms with Crippen LogP contribution < -0.4 is 4.90 Å². The van der Waals surface area contributed by atoms with Crippen LogP contribution in [0.25, 0.3) is 6.08 Å². The van der Waals surface area contributed by atoms with Gasteiger partial charge in [0.05, 0.1) is 5.57 Å². The summed E-state index contributed by atoms with van der Waals surface area (Å²) in [4.78, 5) is 27.9. The first-order chi connectivity index (χ1) is 10.7. The largest absolute Gasteiger partial charge is 0.378 e. The highest BCUT2D eigenvalue weighted by Crippen LogP contribution is 2.61. The van der Waals surface area contributed by atoms with Crippen molar-refractivity contribution in [2.45, 2.75) is 33.6 Å². The highest BCUT2D eigenvalue weighted by Gasteiger charge is 2.62. The lowest BCUT2D eigenvalue weighted by Gasteiger charge is -2.44. The van der Waals surface area contributed by atoms with Crippen LogP contribution in [-0.2, 0) is 9.59 Å². The predicted octanol–water partition coefficient (Wildman–Crippen LogP) is 3.73. The van der Waals surface area contributed by atoms with Crippen molar-refractivity contribution in [3.63, 3.8) is 0 Å². The highest BCUT2D eigenvalue weighted by molar-refractivity contribution is 6.28. The van der Waals surface area contributed by atoms with Crippen molar-refractivity contribution < 1.29 is 9.59 Å². The molecule has 122 valence electrons. The number of anilines is 1. The summed E-state index contributed by atoms with van der Waals surface area (Å²) in [6, 6.07) is 7.94. The van der Waals surface area contributed by atoms with Gasteiger partial charge in [0, 0.05) is 31.1 Å². The Morgan fingerprint density at radius 3 is 2.26 bits per heavy atom. The summed E-state index contributed by atoms with van der Waals surface area (Å²) >= 11 is 0. The molecule has 1 aromatic carbocycles. The van der Waals surface area contributed by atoms with Crippen LogP contribution in [0.2, 0.25) is 0 Å². The normalized spacial score (nSPS) is 30.8. The van der Waals surface area contributed by atoms with E-state index in [0.29, 0.717) is 5.57 Å². The van der Waals surface area contributed by atoms with Gasteiger partial charge in [-0.2, -0.15) is 0 Å². The number of carbonyl (C=O) groups is 2. The first-order valence-corrected chi connectivity index (χ1v) is 8.26. The molecule has 0 radical (unpaired) electrons. The summed E-state index contributed by atoms with van der Waals surface area (Å²) < 4.78 is 0. The summed E-state index contributed by atoms with van der Waals surface area (Å²) in [5.41, 5.74) is 1.75. The van der Waals surface area contributed by atoms with Crippen molar-refractivity contribution in [2.75, 3.05) is 19.0 Å². The van der Waals surface area contributed by atoms with Gasteiger partial charge in [0.15, 0.2) is 11.6 Å². The minimum absolute atomic E-state index is 0.0259. The molecule has 3 nitrogen and oxygen atoms in total. The number of hydrogen-bond donors (Lipinski definition) is 0. The molecule has 0 N–H and O–H groups in total. The number of hydrogen-bond acceptors (Lipinski definition) is 3. The molecule has 1 aromatic rings. The molecule has 0 heterocycles. The molecule has 0 spiro atoms. The smallest absolute Gasteiger partial charge is 0.172 e. The number of ketones is 2. The highest BCUT2D eigenvalue weighted by atomic mass is 16.2. The number of nitrogens with zero attached hydrogens (tertiary/aromatic N) is 1. The molecule has 2 bridgehead atoms. The number of Topliss-reactive ketones (excluding diaryl/α,β-unsaturated/α-hetero) is 2. The van der Waals surface area contributed by atoms with Crippen LogP contribution in [0.3, 0.4) is 0 Å². The summed E-state index contributed by atoms with van der Waals surface area (Å²) in [6.45, 7) is 6.18. The minimum Gasteiger partial charge on any atom is -0.378 e. The maximum atomic E-state index is 13.0. The Hall–Kier alpha value is -1.90. The van der Waals surface area contributed by atoms with Crippen LogP contribution in [0, 0.1) is 16.7 Å². The van der Waals surface area contributed by atoms with Crippen LogP contribution in [0.15, 0.2) is 29.8 Å². The van der Waals surface area contributed by atoms with Crippen molar-refractivity contribution in [3.8, 4) is 0 Å². The van der Waals surface area contributed by atoms with Crippen LogP contribution >= 0.6 is 0 Å². The van der Waals surface area contributed by atoms with Gasteiger partial charge >= 0.3 is 0 Å². The van der Waals surface area contributed by atoms with Crippen LogP contribution in [0.4, 0.5) is 5.69 Å². The van der Waals surface area contributed by atoms with Gasteiger partial charge in [0.1, 0.15) is 0 Å². The van der Waals surface area contributed by atoms with Gasteiger partial charge in [0.25, 0.3) is 0 Å². The van der Waals surface area contributed by atoms with Crippen molar-refractivity contribution in [2.24, 2.45) is 16.7 Å². The Kier molecular flexibility index (Phi) is 3.51. The zero-order chi connectivity index (χ0) is 17.0. The molecule has 23 heavy (non-hydrogen) atoms. The van der Waals surface area contributed by atoms with E-state index in [4.69, 9.17) is 0 Å². The SMILES string of the molecule is CN(C)c1ccc(C=C2C(=O)[C@H]3CC[C@@](C)(C2=O)C3(C)C)cc1. The molecular formula is C20H25NO2. The maximum Gasteiger partial charge on any atom is 0.172 e. The topological polar surface area (TPSA) is 37.4 Å². The predicted molar refractivity (Wildman–Crippen MR) is 93.4 cm³/mol. The lowest BCUT2D eigenvalue weighted by molar-refractivity contribution is -0.139. The zero-order valence-electron chi connectivity index (χ0n) is 14.6. The number of carbonyl (C=O) groups excluding carboxylic acids is 2. The van der Waals surface area contributed by atoms with E-state index in [9.17, 15) is 9.59 Å². The third-order valence-electron chi connectivity index (χ3n) is 6.27. The summed E-state index contributed by atoms with van der Waals surface area (Å²) in [7, 11) is 3.98. The van der Waals surface area contributed by atoms with Crippen molar-refractivity contribution in [3.05, 3.63) is 35.4 Å². The maximum absolute atomic E-state index is 13.0. The zero-order valence-corrected chi connectivity index (χ0v) is 14.6. The monoisotopic (exact) mass is 311 g/mol. The fourth-order valence-electron chi connectivity index (χ4n) is 4.13. The number of benzene rings is 1. The molecule has 2 fully saturated rings. The first-order valence-electron chi connectivity index (χ1n) is 8.26. The standard InChI is InChI=1S/C20H25NO2/c1-19(2)16-10-11-20(19,3)18(23)15(17(16)22)12-13-6-8-14(9-7-13)21(4)5/h6-9,12,16H,10-11H2,1-5H3/t16-,20+/m1/s1. The van der Waals surface area contributed by atoms with Crippen molar-refractivity contribution in [1.82, 2.24) is 0 Å². The minimum atomic E-state index is -0.416. The van der Waals surface area contributed by atoms with E-state index in [1.165, 1.54) is 0 Å². The van der Waals surface area contributed by atoms with Crippen molar-refractivity contribution in [1.29, 1.82) is 0 Å².